The zero-order chi connectivity index (χ0) is 16.4. The molecule has 0 radical (unpaired) electrons. The zero-order valence-electron chi connectivity index (χ0n) is 12.0. The van der Waals surface area contributed by atoms with Crippen LogP contribution in [-0.2, 0) is 0 Å². The second-order valence-corrected chi connectivity index (χ2v) is 7.67. The van der Waals surface area contributed by atoms with Crippen LogP contribution in [-0.4, -0.2) is 45.3 Å². The van der Waals surface area contributed by atoms with Gasteiger partial charge in [-0.05, 0) is 6.07 Å². The number of carbonyl (C=O) groups excluding carboxylic acids is 1. The van der Waals surface area contributed by atoms with E-state index in [1.54, 1.807) is 26.5 Å². The fourth-order valence-corrected chi connectivity index (χ4v) is 4.41. The molecule has 2 heterocycles. The number of carbonyl (C=O) groups is 1. The van der Waals surface area contributed by atoms with Crippen LogP contribution in [0, 0.1) is 10.1 Å². The third kappa shape index (κ3) is 3.35. The number of H-pyrrole nitrogens is 1. The van der Waals surface area contributed by atoms with Crippen molar-refractivity contribution in [2.75, 3.05) is 24.6 Å². The van der Waals surface area contributed by atoms with Gasteiger partial charge in [-0.25, -0.2) is 0 Å². The second kappa shape index (κ2) is 6.63. The van der Waals surface area contributed by atoms with E-state index in [1.165, 1.54) is 24.3 Å². The summed E-state index contributed by atoms with van der Waals surface area (Å²) in [5.74, 6) is 1.37. The summed E-state index contributed by atoms with van der Waals surface area (Å²) in [6.45, 7) is 1.19. The van der Waals surface area contributed by atoms with Crippen LogP contribution in [0.15, 0.2) is 29.1 Å². The Morgan fingerprint density at radius 2 is 1.91 bits per heavy atom. The van der Waals surface area contributed by atoms with Crippen LogP contribution in [0.25, 0.3) is 10.9 Å². The van der Waals surface area contributed by atoms with Crippen LogP contribution in [0.2, 0.25) is 0 Å². The first kappa shape index (κ1) is 15.9. The molecule has 0 spiro atoms. The lowest BCUT2D eigenvalue weighted by Gasteiger charge is -2.20. The van der Waals surface area contributed by atoms with Crippen molar-refractivity contribution in [1.29, 1.82) is 0 Å². The van der Waals surface area contributed by atoms with Gasteiger partial charge < -0.3 is 9.88 Å². The molecule has 0 aliphatic carbocycles. The van der Waals surface area contributed by atoms with Gasteiger partial charge >= 0.3 is 0 Å². The number of nitro groups is 1. The molecule has 1 aromatic heterocycles. The maximum atomic E-state index is 12.8. The van der Waals surface area contributed by atoms with E-state index in [4.69, 9.17) is 0 Å². The van der Waals surface area contributed by atoms with E-state index < -0.39 is 10.5 Å². The zero-order valence-corrected chi connectivity index (χ0v) is 13.6. The number of hydrogen-bond donors (Lipinski definition) is 1. The molecule has 0 unspecified atom stereocenters. The minimum atomic E-state index is -0.516. The van der Waals surface area contributed by atoms with Crippen molar-refractivity contribution in [3.63, 3.8) is 0 Å². The van der Waals surface area contributed by atoms with Gasteiger partial charge in [0.05, 0.1) is 10.5 Å². The Balaban J connectivity index is 2.10. The lowest BCUT2D eigenvalue weighted by Crippen LogP contribution is -2.34. The highest BCUT2D eigenvalue weighted by Gasteiger charge is 2.21. The third-order valence-corrected chi connectivity index (χ3v) is 5.89. The minimum absolute atomic E-state index is 0.111. The van der Waals surface area contributed by atoms with Crippen molar-refractivity contribution in [2.45, 2.75) is 0 Å². The van der Waals surface area contributed by atoms with Gasteiger partial charge in [-0.1, -0.05) is 21.6 Å². The lowest BCUT2D eigenvalue weighted by molar-refractivity contribution is -0.384. The maximum Gasteiger partial charge on any atom is 0.270 e. The fourth-order valence-electron chi connectivity index (χ4n) is 2.43. The van der Waals surface area contributed by atoms with Crippen molar-refractivity contribution >= 4 is 44.1 Å². The molecule has 1 amide bonds. The molecule has 23 heavy (non-hydrogen) atoms. The fraction of sp³-hybridized carbons (Fsp3) is 0.286. The first-order valence-corrected chi connectivity index (χ1v) is 9.40. The first-order valence-electron chi connectivity index (χ1n) is 6.91. The number of nitrogens with one attached hydrogen (secondary N) is 1. The molecular formula is C14H13N3O4S2. The summed E-state index contributed by atoms with van der Waals surface area (Å²) in [6, 6.07) is 5.32. The van der Waals surface area contributed by atoms with Gasteiger partial charge in [0, 0.05) is 53.7 Å². The first-order chi connectivity index (χ1) is 11.1. The SMILES string of the molecule is O=C(c1cc(=O)[nH]c2ccc([N+](=O)[O-])cc12)N1CCSSCC1. The quantitative estimate of drug-likeness (QED) is 0.506. The molecule has 0 bridgehead atoms. The third-order valence-electron chi connectivity index (χ3n) is 3.53. The summed E-state index contributed by atoms with van der Waals surface area (Å²) in [6.07, 6.45) is 0. The molecule has 1 N–H and O–H groups in total. The van der Waals surface area contributed by atoms with Gasteiger partial charge in [0.15, 0.2) is 0 Å². The predicted octanol–water partition coefficient (Wildman–Crippen LogP) is 2.27. The van der Waals surface area contributed by atoms with Gasteiger partial charge in [-0.2, -0.15) is 0 Å². The molecule has 0 saturated carbocycles. The minimum Gasteiger partial charge on any atom is -0.337 e. The number of pyridine rings is 1. The number of nitrogens with zero attached hydrogens (tertiary/aromatic N) is 2. The van der Waals surface area contributed by atoms with E-state index in [-0.39, 0.29) is 17.2 Å². The van der Waals surface area contributed by atoms with E-state index in [1.807, 2.05) is 0 Å². The molecule has 1 fully saturated rings. The maximum absolute atomic E-state index is 12.8. The number of fused-ring (bicyclic) bond motifs is 1. The summed E-state index contributed by atoms with van der Waals surface area (Å²) < 4.78 is 0. The van der Waals surface area contributed by atoms with Gasteiger partial charge in [-0.15, -0.1) is 0 Å². The number of rotatable bonds is 2. The van der Waals surface area contributed by atoms with Crippen molar-refractivity contribution in [2.24, 2.45) is 0 Å². The summed E-state index contributed by atoms with van der Waals surface area (Å²) in [4.78, 5) is 39.4. The number of benzene rings is 1. The summed E-state index contributed by atoms with van der Waals surface area (Å²) in [5.41, 5.74) is 0.128. The van der Waals surface area contributed by atoms with Gasteiger partial charge in [0.1, 0.15) is 0 Å². The van der Waals surface area contributed by atoms with Crippen LogP contribution in [0.4, 0.5) is 5.69 Å². The van der Waals surface area contributed by atoms with Crippen molar-refractivity contribution in [3.8, 4) is 0 Å². The highest BCUT2D eigenvalue weighted by molar-refractivity contribution is 8.76. The van der Waals surface area contributed by atoms with Crippen LogP contribution in [0.1, 0.15) is 10.4 Å². The molecule has 0 atom stereocenters. The van der Waals surface area contributed by atoms with Gasteiger partial charge in [0.2, 0.25) is 5.56 Å². The Bertz CT molecular complexity index is 828. The Morgan fingerprint density at radius 1 is 1.22 bits per heavy atom. The predicted molar refractivity (Wildman–Crippen MR) is 92.0 cm³/mol. The number of amides is 1. The Kier molecular flexibility index (Phi) is 4.58. The van der Waals surface area contributed by atoms with Crippen LogP contribution < -0.4 is 5.56 Å². The van der Waals surface area contributed by atoms with E-state index in [9.17, 15) is 19.7 Å². The molecule has 1 aliphatic heterocycles. The van der Waals surface area contributed by atoms with Gasteiger partial charge in [-0.3, -0.25) is 19.7 Å². The average molecular weight is 351 g/mol. The van der Waals surface area contributed by atoms with E-state index in [0.29, 0.717) is 24.0 Å². The molecule has 120 valence electrons. The lowest BCUT2D eigenvalue weighted by atomic mass is 10.1. The van der Waals surface area contributed by atoms with Crippen molar-refractivity contribution in [3.05, 3.63) is 50.3 Å². The molecule has 9 heteroatoms. The highest BCUT2D eigenvalue weighted by Crippen LogP contribution is 2.26. The van der Waals surface area contributed by atoms with Crippen molar-refractivity contribution in [1.82, 2.24) is 9.88 Å². The molecule has 3 rings (SSSR count). The number of aromatic nitrogens is 1. The molecule has 1 aromatic carbocycles. The summed E-state index contributed by atoms with van der Waals surface area (Å²) in [5, 5.41) is 11.4. The average Bonchev–Trinajstić information content (AvgIpc) is 2.82. The summed E-state index contributed by atoms with van der Waals surface area (Å²) in [7, 11) is 3.42. The Morgan fingerprint density at radius 3 is 2.57 bits per heavy atom. The van der Waals surface area contributed by atoms with Crippen LogP contribution >= 0.6 is 21.6 Å². The smallest absolute Gasteiger partial charge is 0.270 e. The monoisotopic (exact) mass is 351 g/mol. The normalized spacial score (nSPS) is 15.4. The molecule has 2 aromatic rings. The second-order valence-electron chi connectivity index (χ2n) is 4.97. The van der Waals surface area contributed by atoms with Crippen molar-refractivity contribution < 1.29 is 9.72 Å². The Labute approximate surface area is 139 Å². The molecule has 7 nitrogen and oxygen atoms in total. The van der Waals surface area contributed by atoms with Crippen LogP contribution in [0.5, 0.6) is 0 Å². The molecule has 1 saturated heterocycles. The largest absolute Gasteiger partial charge is 0.337 e. The Hall–Kier alpha value is -2.00. The number of nitro benzene ring substituents is 1. The van der Waals surface area contributed by atoms with Gasteiger partial charge in [0.25, 0.3) is 11.6 Å². The number of non-ortho nitro benzene ring substituents is 1. The van der Waals surface area contributed by atoms with Crippen LogP contribution in [0.3, 0.4) is 0 Å². The number of aromatic amines is 1. The summed E-state index contributed by atoms with van der Waals surface area (Å²) >= 11 is 0. The number of hydrogen-bond acceptors (Lipinski definition) is 6. The topological polar surface area (TPSA) is 96.3 Å². The van der Waals surface area contributed by atoms with E-state index in [0.717, 1.165) is 11.5 Å². The molecule has 1 aliphatic rings. The standard InChI is InChI=1S/C14H13N3O4S2/c18-13-8-11(14(19)16-3-5-22-23-6-4-16)10-7-9(17(20)21)1-2-12(10)15-13/h1-2,7-8H,3-6H2,(H,15,18). The van der Waals surface area contributed by atoms with E-state index >= 15 is 0 Å². The highest BCUT2D eigenvalue weighted by atomic mass is 33.1. The van der Waals surface area contributed by atoms with E-state index in [2.05, 4.69) is 4.98 Å². The molecular weight excluding hydrogens is 338 g/mol.